The van der Waals surface area contributed by atoms with Gasteiger partial charge < -0.3 is 14.7 Å². The summed E-state index contributed by atoms with van der Waals surface area (Å²) in [5.41, 5.74) is 3.41. The third-order valence-electron chi connectivity index (χ3n) is 6.10. The molecule has 0 aliphatic carbocycles. The Hall–Kier alpha value is -2.66. The lowest BCUT2D eigenvalue weighted by molar-refractivity contribution is -0.896. The van der Waals surface area contributed by atoms with E-state index in [1.54, 1.807) is 0 Å². The number of piperazine rings is 1. The first kappa shape index (κ1) is 19.6. The lowest BCUT2D eigenvalue weighted by atomic mass is 10.0. The van der Waals surface area contributed by atoms with Crippen LogP contribution in [0.2, 0.25) is 0 Å². The van der Waals surface area contributed by atoms with Crippen LogP contribution in [0.4, 0.5) is 0 Å². The van der Waals surface area contributed by atoms with E-state index in [4.69, 9.17) is 0 Å². The molecule has 1 N–H and O–H groups in total. The van der Waals surface area contributed by atoms with E-state index in [0.29, 0.717) is 13.0 Å². The average molecular weight is 393 g/mol. The zero-order valence-corrected chi connectivity index (χ0v) is 17.0. The Morgan fingerprint density at radius 2 is 1.31 bits per heavy atom. The molecular formula is C24H30N3O2+. The molecule has 5 nitrogen and oxygen atoms in total. The largest absolute Gasteiger partial charge is 0.338 e. The quantitative estimate of drug-likeness (QED) is 0.832. The smallest absolute Gasteiger partial charge is 0.277 e. The molecule has 0 saturated carbocycles. The molecule has 0 unspecified atom stereocenters. The van der Waals surface area contributed by atoms with Crippen molar-refractivity contribution in [2.45, 2.75) is 19.3 Å². The number of rotatable bonds is 5. The fraction of sp³-hybridized carbons (Fsp3) is 0.417. The van der Waals surface area contributed by atoms with E-state index in [0.717, 1.165) is 57.7 Å². The molecule has 0 atom stereocenters. The van der Waals surface area contributed by atoms with Crippen LogP contribution in [-0.4, -0.2) is 67.4 Å². The molecule has 2 amide bonds. The van der Waals surface area contributed by atoms with Gasteiger partial charge in [0.05, 0.1) is 32.6 Å². The molecule has 5 heteroatoms. The number of hydrogen-bond donors (Lipinski definition) is 1. The number of likely N-dealkylation sites (tertiary alicyclic amines) is 1. The molecule has 2 heterocycles. The topological polar surface area (TPSA) is 45.1 Å². The Morgan fingerprint density at radius 3 is 1.97 bits per heavy atom. The molecule has 0 radical (unpaired) electrons. The van der Waals surface area contributed by atoms with Gasteiger partial charge in [0.15, 0.2) is 6.54 Å². The van der Waals surface area contributed by atoms with Crippen molar-refractivity contribution in [3.05, 3.63) is 60.2 Å². The summed E-state index contributed by atoms with van der Waals surface area (Å²) in [5.74, 6) is 0.457. The van der Waals surface area contributed by atoms with E-state index >= 15 is 0 Å². The number of benzene rings is 2. The van der Waals surface area contributed by atoms with E-state index in [1.165, 1.54) is 16.0 Å². The number of nitrogens with zero attached hydrogens (tertiary/aromatic N) is 2. The van der Waals surface area contributed by atoms with Crippen LogP contribution in [0.3, 0.4) is 0 Å². The number of carbonyl (C=O) groups excluding carboxylic acids is 2. The SMILES string of the molecule is O=C(Cc1ccc(-c2ccccc2)cc1)N1CC[NH+](CC(=O)N2CCCC2)CC1. The van der Waals surface area contributed by atoms with Crippen molar-refractivity contribution in [1.82, 2.24) is 9.80 Å². The van der Waals surface area contributed by atoms with Crippen molar-refractivity contribution in [1.29, 1.82) is 0 Å². The molecule has 152 valence electrons. The van der Waals surface area contributed by atoms with Crippen LogP contribution < -0.4 is 4.90 Å². The van der Waals surface area contributed by atoms with Crippen LogP contribution in [0.5, 0.6) is 0 Å². The standard InChI is InChI=1S/C24H29N3O2/c28-23(18-20-8-10-22(11-9-20)21-6-2-1-3-7-21)27-16-14-25(15-17-27)19-24(29)26-12-4-5-13-26/h1-3,6-11H,4-5,12-19H2/p+1. The van der Waals surface area contributed by atoms with Crippen molar-refractivity contribution in [2.24, 2.45) is 0 Å². The van der Waals surface area contributed by atoms with E-state index in [2.05, 4.69) is 36.4 Å². The molecule has 2 aromatic rings. The highest BCUT2D eigenvalue weighted by atomic mass is 16.2. The predicted octanol–water partition coefficient (Wildman–Crippen LogP) is 1.25. The highest BCUT2D eigenvalue weighted by Crippen LogP contribution is 2.19. The second kappa shape index (κ2) is 9.23. The van der Waals surface area contributed by atoms with E-state index in [9.17, 15) is 9.59 Å². The summed E-state index contributed by atoms with van der Waals surface area (Å²) in [6.45, 7) is 5.60. The van der Waals surface area contributed by atoms with Crippen LogP contribution in [0.1, 0.15) is 18.4 Å². The normalized spacial score (nSPS) is 17.5. The van der Waals surface area contributed by atoms with E-state index in [1.807, 2.05) is 28.0 Å². The third kappa shape index (κ3) is 5.04. The van der Waals surface area contributed by atoms with Crippen molar-refractivity contribution in [2.75, 3.05) is 45.8 Å². The Bertz CT molecular complexity index is 821. The van der Waals surface area contributed by atoms with Crippen LogP contribution >= 0.6 is 0 Å². The average Bonchev–Trinajstić information content (AvgIpc) is 3.31. The molecule has 0 aromatic heterocycles. The van der Waals surface area contributed by atoms with Gasteiger partial charge in [-0.05, 0) is 29.5 Å². The number of carbonyl (C=O) groups is 2. The van der Waals surface area contributed by atoms with E-state index < -0.39 is 0 Å². The van der Waals surface area contributed by atoms with Crippen LogP contribution in [0, 0.1) is 0 Å². The molecule has 0 spiro atoms. The Labute approximate surface area is 172 Å². The summed E-state index contributed by atoms with van der Waals surface area (Å²) in [6, 6.07) is 18.5. The monoisotopic (exact) mass is 392 g/mol. The van der Waals surface area contributed by atoms with E-state index in [-0.39, 0.29) is 11.8 Å². The zero-order chi connectivity index (χ0) is 20.1. The molecular weight excluding hydrogens is 362 g/mol. The van der Waals surface area contributed by atoms with Gasteiger partial charge in [-0.25, -0.2) is 0 Å². The van der Waals surface area contributed by atoms with Gasteiger partial charge in [0, 0.05) is 13.1 Å². The summed E-state index contributed by atoms with van der Waals surface area (Å²) >= 11 is 0. The number of quaternary nitrogens is 1. The number of hydrogen-bond acceptors (Lipinski definition) is 2. The van der Waals surface area contributed by atoms with Gasteiger partial charge >= 0.3 is 0 Å². The maximum atomic E-state index is 12.7. The van der Waals surface area contributed by atoms with Crippen LogP contribution in [0.25, 0.3) is 11.1 Å². The maximum Gasteiger partial charge on any atom is 0.277 e. The lowest BCUT2D eigenvalue weighted by Gasteiger charge is -2.32. The minimum Gasteiger partial charge on any atom is -0.338 e. The molecule has 2 saturated heterocycles. The summed E-state index contributed by atoms with van der Waals surface area (Å²) in [6.07, 6.45) is 2.71. The van der Waals surface area contributed by atoms with Crippen molar-refractivity contribution in [3.8, 4) is 11.1 Å². The van der Waals surface area contributed by atoms with Gasteiger partial charge in [0.1, 0.15) is 0 Å². The van der Waals surface area contributed by atoms with Crippen LogP contribution in [-0.2, 0) is 16.0 Å². The van der Waals surface area contributed by atoms with Gasteiger partial charge in [-0.2, -0.15) is 0 Å². The highest BCUT2D eigenvalue weighted by Gasteiger charge is 2.27. The Balaban J connectivity index is 1.25. The minimum atomic E-state index is 0.183. The zero-order valence-electron chi connectivity index (χ0n) is 17.0. The first-order chi connectivity index (χ1) is 14.2. The summed E-state index contributed by atoms with van der Waals surface area (Å²) in [7, 11) is 0. The molecule has 2 aliphatic heterocycles. The first-order valence-corrected chi connectivity index (χ1v) is 10.7. The maximum absolute atomic E-state index is 12.7. The molecule has 29 heavy (non-hydrogen) atoms. The Kier molecular flexibility index (Phi) is 6.25. The lowest BCUT2D eigenvalue weighted by Crippen LogP contribution is -3.15. The minimum absolute atomic E-state index is 0.183. The second-order valence-corrected chi connectivity index (χ2v) is 8.14. The molecule has 2 fully saturated rings. The van der Waals surface area contributed by atoms with Crippen molar-refractivity contribution >= 4 is 11.8 Å². The van der Waals surface area contributed by atoms with Gasteiger partial charge in [-0.1, -0.05) is 54.6 Å². The third-order valence-corrected chi connectivity index (χ3v) is 6.10. The van der Waals surface area contributed by atoms with Crippen molar-refractivity contribution < 1.29 is 14.5 Å². The van der Waals surface area contributed by atoms with Gasteiger partial charge in [-0.3, -0.25) is 9.59 Å². The number of amides is 2. The van der Waals surface area contributed by atoms with Gasteiger partial charge in [0.25, 0.3) is 5.91 Å². The fourth-order valence-corrected chi connectivity index (χ4v) is 4.27. The van der Waals surface area contributed by atoms with Gasteiger partial charge in [-0.15, -0.1) is 0 Å². The van der Waals surface area contributed by atoms with Gasteiger partial charge in [0.2, 0.25) is 5.91 Å². The second-order valence-electron chi connectivity index (χ2n) is 8.14. The summed E-state index contributed by atoms with van der Waals surface area (Å²) in [4.78, 5) is 30.3. The number of nitrogens with one attached hydrogen (secondary N) is 1. The highest BCUT2D eigenvalue weighted by molar-refractivity contribution is 5.79. The molecule has 2 aliphatic rings. The molecule has 2 aromatic carbocycles. The molecule has 0 bridgehead atoms. The first-order valence-electron chi connectivity index (χ1n) is 10.7. The fourth-order valence-electron chi connectivity index (χ4n) is 4.27. The summed E-state index contributed by atoms with van der Waals surface area (Å²) < 4.78 is 0. The van der Waals surface area contributed by atoms with Crippen LogP contribution in [0.15, 0.2) is 54.6 Å². The van der Waals surface area contributed by atoms with Crippen molar-refractivity contribution in [3.63, 3.8) is 0 Å². The molecule has 4 rings (SSSR count). The Morgan fingerprint density at radius 1 is 0.724 bits per heavy atom. The predicted molar refractivity (Wildman–Crippen MR) is 114 cm³/mol. The summed E-state index contributed by atoms with van der Waals surface area (Å²) in [5, 5.41) is 0.